The van der Waals surface area contributed by atoms with Gasteiger partial charge in [-0.15, -0.1) is 0 Å². The normalized spacial score (nSPS) is 6.11. The minimum absolute atomic E-state index is 0. The maximum Gasteiger partial charge on any atom is 2.00 e. The molecule has 0 aromatic carbocycles. The molecule has 0 aliphatic heterocycles. The topological polar surface area (TPSA) is 410 Å². The first-order valence-corrected chi connectivity index (χ1v) is 4.10. The Labute approximate surface area is 123 Å². The van der Waals surface area contributed by atoms with Gasteiger partial charge in [-0.3, -0.25) is 9.11 Å². The minimum Gasteiger partial charge on any atom is -0.726 e. The van der Waals surface area contributed by atoms with Crippen molar-refractivity contribution in [3.8, 4) is 0 Å². The van der Waals surface area contributed by atoms with Crippen LogP contribution in [0.3, 0.4) is 0 Å². The first kappa shape index (κ1) is 94.7. The summed E-state index contributed by atoms with van der Waals surface area (Å²) in [5.74, 6) is 0. The molecule has 0 rings (SSSR count). The van der Waals surface area contributed by atoms with Gasteiger partial charge in [0.15, 0.2) is 0 Å². The van der Waals surface area contributed by atoms with Crippen molar-refractivity contribution in [2.24, 2.45) is 0 Å². The van der Waals surface area contributed by atoms with Gasteiger partial charge in [0.1, 0.15) is 0 Å². The van der Waals surface area contributed by atoms with Crippen LogP contribution in [0.5, 0.6) is 0 Å². The Balaban J connectivity index is -0.00000000508. The van der Waals surface area contributed by atoms with Crippen molar-refractivity contribution in [3.05, 3.63) is 0 Å². The van der Waals surface area contributed by atoms with Crippen LogP contribution in [0.2, 0.25) is 0 Å². The fraction of sp³-hybridized carbons (Fsp3) is 0. The Morgan fingerprint density at radius 1 is 0.579 bits per heavy atom. The van der Waals surface area contributed by atoms with E-state index in [1.165, 1.54) is 0 Å². The summed E-state index contributed by atoms with van der Waals surface area (Å²) in [6.07, 6.45) is 0. The van der Waals surface area contributed by atoms with Crippen molar-refractivity contribution < 1.29 is 73.4 Å². The van der Waals surface area contributed by atoms with Crippen LogP contribution in [0.1, 0.15) is 0 Å². The van der Waals surface area contributed by atoms with Gasteiger partial charge in [0.05, 0.1) is 0 Å². The van der Waals surface area contributed by atoms with E-state index in [1.807, 2.05) is 0 Å². The van der Waals surface area contributed by atoms with Crippen LogP contribution in [-0.2, 0) is 20.8 Å². The van der Waals surface area contributed by atoms with Crippen molar-refractivity contribution in [2.45, 2.75) is 0 Å². The molecule has 0 amide bonds. The zero-order valence-corrected chi connectivity index (χ0v) is 12.1. The summed E-state index contributed by atoms with van der Waals surface area (Å²) in [6.45, 7) is 0. The van der Waals surface area contributed by atoms with E-state index in [2.05, 4.69) is 0 Å². The van der Waals surface area contributed by atoms with Crippen LogP contribution in [0.4, 0.5) is 0 Å². The predicted molar refractivity (Wildman–Crippen MR) is 60.7 cm³/mol. The van der Waals surface area contributed by atoms with Gasteiger partial charge in [0.25, 0.3) is 0 Å². The van der Waals surface area contributed by atoms with E-state index in [0.717, 1.165) is 0 Å². The van der Waals surface area contributed by atoms with E-state index in [0.29, 0.717) is 0 Å². The maximum absolute atomic E-state index is 8.63. The molecule has 19 heteroatoms. The fourth-order valence-electron chi connectivity index (χ4n) is 0. The molecule has 0 aliphatic rings. The van der Waals surface area contributed by atoms with Crippen molar-refractivity contribution in [3.63, 3.8) is 0 Å². The third-order valence-electron chi connectivity index (χ3n) is 0. The van der Waals surface area contributed by atoms with Crippen LogP contribution in [0, 0.1) is 0 Å². The van der Waals surface area contributed by atoms with Crippen molar-refractivity contribution >= 4 is 43.9 Å². The summed E-state index contributed by atoms with van der Waals surface area (Å²) in [5, 5.41) is 0. The van der Waals surface area contributed by atoms with Gasteiger partial charge >= 0.3 is 23.1 Å². The molecule has 0 aromatic heterocycles. The number of hydrogen-bond acceptors (Lipinski definition) is 7. The molecule has 0 bridgehead atoms. The van der Waals surface area contributed by atoms with Crippen LogP contribution >= 0.6 is 0 Å². The molecule has 0 unspecified atom stereocenters. The van der Waals surface area contributed by atoms with Gasteiger partial charge in [-0.25, -0.2) is 16.8 Å². The van der Waals surface area contributed by atoms with Gasteiger partial charge in [0.2, 0.25) is 20.8 Å². The van der Waals surface area contributed by atoms with E-state index >= 15 is 0 Å². The van der Waals surface area contributed by atoms with Crippen LogP contribution in [0.15, 0.2) is 0 Å². The zero-order valence-electron chi connectivity index (χ0n) is 9.07. The molecular formula is H19MgNO15S2. The van der Waals surface area contributed by atoms with Gasteiger partial charge < -0.3 is 53.6 Å². The summed E-state index contributed by atoms with van der Waals surface area (Å²) in [7, 11) is -9.83. The summed E-state index contributed by atoms with van der Waals surface area (Å²) in [6, 6.07) is 0. The number of rotatable bonds is 0. The molecule has 0 spiro atoms. The summed E-state index contributed by atoms with van der Waals surface area (Å²) < 4.78 is 65.7. The van der Waals surface area contributed by atoms with E-state index in [-0.39, 0.29) is 67.5 Å². The second-order valence-electron chi connectivity index (χ2n) is 0.855. The van der Waals surface area contributed by atoms with Gasteiger partial charge in [-0.05, 0) is 0 Å². The third kappa shape index (κ3) is 137000. The Morgan fingerprint density at radius 2 is 0.579 bits per heavy atom. The Bertz CT molecular complexity index is 217. The fourth-order valence-corrected chi connectivity index (χ4v) is 0. The quantitative estimate of drug-likeness (QED) is 0.209. The molecule has 0 aliphatic carbocycles. The molecule has 0 fully saturated rings. The Morgan fingerprint density at radius 3 is 0.579 bits per heavy atom. The molecule has 19 heavy (non-hydrogen) atoms. The predicted octanol–water partition coefficient (Wildman–Crippen LogP) is -7.98. The van der Waals surface area contributed by atoms with Crippen molar-refractivity contribution in [1.82, 2.24) is 6.15 Å². The van der Waals surface area contributed by atoms with E-state index in [1.54, 1.807) is 0 Å². The summed E-state index contributed by atoms with van der Waals surface area (Å²) >= 11 is 0. The summed E-state index contributed by atoms with van der Waals surface area (Å²) in [5.41, 5.74) is 0. The van der Waals surface area contributed by atoms with Gasteiger partial charge in [-0.1, -0.05) is 0 Å². The summed E-state index contributed by atoms with van der Waals surface area (Å²) in [4.78, 5) is 0. The molecule has 19 N–H and O–H groups in total. The van der Waals surface area contributed by atoms with Gasteiger partial charge in [-0.2, -0.15) is 0 Å². The largest absolute Gasteiger partial charge is 2.00 e. The average Bonchev–Trinajstić information content (AvgIpc) is 1.12. The molecule has 0 radical (unpaired) electrons. The monoisotopic (exact) mass is 361 g/mol. The Hall–Kier alpha value is 0.186. The zero-order chi connectivity index (χ0) is 9.00. The molecular weight excluding hydrogens is 342 g/mol. The number of hydrogen-bond donors (Lipinski definition) is 3. The van der Waals surface area contributed by atoms with Crippen molar-refractivity contribution in [1.29, 1.82) is 0 Å². The van der Waals surface area contributed by atoms with E-state index < -0.39 is 20.8 Å². The van der Waals surface area contributed by atoms with Gasteiger partial charge in [0, 0.05) is 0 Å². The Kier molecular flexibility index (Phi) is 180. The molecule has 0 heterocycles. The maximum atomic E-state index is 8.63. The first-order chi connectivity index (χ1) is 4.00. The van der Waals surface area contributed by atoms with Crippen LogP contribution < -0.4 is 6.15 Å². The average molecular weight is 362 g/mol. The second kappa shape index (κ2) is 36.2. The SMILES string of the molecule is N.O.O.O.O.O.O.O.O=S(=O)([O-])O.O=S(=O)([O-])O.[Mg+2]. The molecule has 0 aromatic rings. The smallest absolute Gasteiger partial charge is 0.726 e. The first-order valence-electron chi connectivity index (χ1n) is 1.37. The van der Waals surface area contributed by atoms with E-state index in [4.69, 9.17) is 35.0 Å². The molecule has 0 saturated carbocycles. The standard InChI is InChI=1S/Mg.H3N.2H2O4S.7H2O/c;;2*1-5(2,3)4;;;;;;;/h;1H3;2*(H2,1,2,3,4);7*1H2/q+2;;;;;;;;;;/p-2. The minimum atomic E-state index is -4.92. The molecule has 0 atom stereocenters. The third-order valence-corrected chi connectivity index (χ3v) is 0. The molecule has 0 saturated heterocycles. The second-order valence-corrected chi connectivity index (χ2v) is 2.57. The van der Waals surface area contributed by atoms with E-state index in [9.17, 15) is 0 Å². The van der Waals surface area contributed by atoms with Crippen molar-refractivity contribution in [2.75, 3.05) is 0 Å². The molecule has 16 nitrogen and oxygen atoms in total. The molecule has 128 valence electrons. The van der Waals surface area contributed by atoms with Crippen LogP contribution in [0.25, 0.3) is 0 Å². The van der Waals surface area contributed by atoms with Crippen LogP contribution in [-0.4, -0.2) is 96.4 Å².